The summed E-state index contributed by atoms with van der Waals surface area (Å²) in [4.78, 5) is 235. The lowest BCUT2D eigenvalue weighted by atomic mass is 10.00. The zero-order valence-electron chi connectivity index (χ0n) is 84.5. The number of imidazole rings is 1. The highest BCUT2D eigenvalue weighted by atomic mass is 32.2. The highest BCUT2D eigenvalue weighted by molar-refractivity contribution is 7.98. The largest absolute Gasteiger partial charge is 0.508 e. The number of aromatic amines is 1. The number of carbonyl (C=O) groups is 16. The number of carboxylic acid groups (broad SMARTS) is 1. The fraction of sp³-hybridized carbons (Fsp3) is 0.716. The van der Waals surface area contributed by atoms with E-state index in [9.17, 15) is 92.3 Å². The number of aromatic nitrogens is 2. The SMILES string of the molecule is CCCCCCCCCCCCCCCC(=O)N[C@@H](CCCCN)C(=O)N[C@@H](CCCCN)C(=O)N[C@@H](CC(C)C)C(=O)N[C@@H](CCCNC(=N)N)C(=O)N[C@@H](CO)C(=O)N[C@@H](CCSC)C(=O)N[C@H](C(=O)N[C@@H](CC(=O)O)C(=O)N[C@@H](CCCCN)C(=O)N[C@@H](Cc1ccc(O)cc1)C(=O)N[C@@H](CCCNC(=N)N)C(=O)N[C@@H](CC(C)C)C(=O)N[C@@H](Cc1cnc[nH]1)C(=O)N[C@@H](CC(C)C)C(N)=O)[C@@H](C)O. The molecule has 15 amide bonds. The third kappa shape index (κ3) is 54.6. The molecule has 15 atom stereocenters. The molecule has 0 radical (unpaired) electrons. The van der Waals surface area contributed by atoms with Gasteiger partial charge in [0.1, 0.15) is 90.3 Å². The number of nitrogens with two attached hydrogens (primary N) is 6. The van der Waals surface area contributed by atoms with Gasteiger partial charge in [-0.05, 0) is 190 Å². The van der Waals surface area contributed by atoms with Crippen LogP contribution in [0.15, 0.2) is 36.8 Å². The van der Waals surface area contributed by atoms with E-state index in [0.717, 1.165) is 32.6 Å². The number of thioether (sulfide) groups is 1. The van der Waals surface area contributed by atoms with Crippen LogP contribution >= 0.6 is 11.8 Å². The molecule has 2 rings (SSSR count). The number of unbranched alkanes of at least 4 members (excludes halogenated alkanes) is 15. The molecule has 47 heteroatoms. The molecule has 0 aliphatic carbocycles. The molecule has 0 bridgehead atoms. The van der Waals surface area contributed by atoms with Gasteiger partial charge in [-0.1, -0.05) is 138 Å². The maximum absolute atomic E-state index is 15.0. The molecule has 35 N–H and O–H groups in total. The number of amides is 15. The van der Waals surface area contributed by atoms with E-state index in [1.54, 1.807) is 34.0 Å². The van der Waals surface area contributed by atoms with Gasteiger partial charge in [0.05, 0.1) is 25.5 Å². The van der Waals surface area contributed by atoms with E-state index < -0.39 is 204 Å². The molecule has 142 heavy (non-hydrogen) atoms. The van der Waals surface area contributed by atoms with E-state index in [1.807, 2.05) is 13.8 Å². The summed E-state index contributed by atoms with van der Waals surface area (Å²) in [5.41, 5.74) is 35.1. The standard InChI is InChI=1S/C95H168N26O20S/c1-10-11-12-13-14-15-16-17-18-19-20-21-22-36-77(125)108-64(31-23-26-42-96)81(129)109-65(32-24-27-43-97)82(130)115-71(49-58(4)5)87(135)111-68(35-30-46-106-95(102)103)85(133)120-76(55-122)92(140)113-69(41-47-142-9)86(134)121-79(60(8)123)93(141)119-75(53-78(126)127)91(139)110-66(33-25-28-44-98)83(131)117-73(51-61-37-39-63(124)40-38-61)89(137)112-67(34-29-45-105-94(100)101)84(132)116-72(50-59(6)7)88(136)118-74(52-62-54-104-56-107-62)90(138)114-70(80(99)128)48-57(2)3/h37-40,54,56-60,64-76,79,122-124H,10-36,41-53,55,96-98H2,1-9H3,(H2,99,128)(H,104,107)(H,108,125)(H,109,129)(H,110,139)(H,111,135)(H,112,137)(H,113,140)(H,114,138)(H,115,130)(H,116,132)(H,117,131)(H,118,136)(H,119,141)(H,120,133)(H,121,134)(H,126,127)(H4,100,101,105)(H4,102,103,106)/t60-,64+,65+,66+,67+,68+,69+,70+,71+,72+,73+,74+,75+,76+,79+/m1/s1. The Morgan fingerprint density at radius 1 is 0.394 bits per heavy atom. The Labute approximate surface area is 838 Å². The van der Waals surface area contributed by atoms with E-state index in [1.165, 1.54) is 99.9 Å². The fourth-order valence-corrected chi connectivity index (χ4v) is 15.9. The molecule has 0 saturated heterocycles. The molecular weight excluding hydrogens is 1860 g/mol. The van der Waals surface area contributed by atoms with E-state index in [2.05, 4.69) is 102 Å². The number of guanidine groups is 2. The van der Waals surface area contributed by atoms with E-state index in [4.69, 9.17) is 45.2 Å². The van der Waals surface area contributed by atoms with Gasteiger partial charge >= 0.3 is 5.97 Å². The average Bonchev–Trinajstić information content (AvgIpc) is 1.05. The average molecular weight is 2030 g/mol. The first-order valence-corrected chi connectivity index (χ1v) is 51.5. The minimum Gasteiger partial charge on any atom is -0.508 e. The molecule has 1 aromatic carbocycles. The minimum absolute atomic E-state index is 0.00316. The van der Waals surface area contributed by atoms with Crippen molar-refractivity contribution in [3.05, 3.63) is 48.0 Å². The highest BCUT2D eigenvalue weighted by Crippen LogP contribution is 2.20. The summed E-state index contributed by atoms with van der Waals surface area (Å²) in [6, 6.07) is -16.3. The van der Waals surface area contributed by atoms with E-state index in [0.29, 0.717) is 49.9 Å². The number of hydrogen-bond donors (Lipinski definition) is 29. The van der Waals surface area contributed by atoms with Crippen LogP contribution in [0.5, 0.6) is 5.75 Å². The molecule has 0 unspecified atom stereocenters. The molecule has 804 valence electrons. The summed E-state index contributed by atoms with van der Waals surface area (Å²) in [6.45, 7) is 13.5. The lowest BCUT2D eigenvalue weighted by Crippen LogP contribution is -2.62. The second-order valence-corrected chi connectivity index (χ2v) is 38.4. The van der Waals surface area contributed by atoms with Crippen molar-refractivity contribution in [2.75, 3.05) is 51.3 Å². The van der Waals surface area contributed by atoms with Crippen molar-refractivity contribution in [1.82, 2.24) is 95.0 Å². The number of primary amides is 1. The molecule has 1 heterocycles. The van der Waals surface area contributed by atoms with Gasteiger partial charge in [0, 0.05) is 44.2 Å². The summed E-state index contributed by atoms with van der Waals surface area (Å²) < 4.78 is 0. The van der Waals surface area contributed by atoms with Gasteiger partial charge in [0.2, 0.25) is 88.6 Å². The van der Waals surface area contributed by atoms with Crippen LogP contribution in [0.3, 0.4) is 0 Å². The number of rotatable bonds is 79. The number of phenols is 1. The van der Waals surface area contributed by atoms with Gasteiger partial charge in [-0.2, -0.15) is 11.8 Å². The number of aliphatic hydroxyl groups excluding tert-OH is 2. The first kappa shape index (κ1) is 127. The summed E-state index contributed by atoms with van der Waals surface area (Å²) in [7, 11) is 0. The first-order valence-electron chi connectivity index (χ1n) is 50.1. The van der Waals surface area contributed by atoms with Gasteiger partial charge in [-0.15, -0.1) is 0 Å². The summed E-state index contributed by atoms with van der Waals surface area (Å²) >= 11 is 1.20. The van der Waals surface area contributed by atoms with Crippen molar-refractivity contribution < 1.29 is 97.1 Å². The third-order valence-electron chi connectivity index (χ3n) is 23.3. The summed E-state index contributed by atoms with van der Waals surface area (Å²) in [5.74, 6) is -17.5. The number of phenolic OH excluding ortho intramolecular Hbond substituents is 1. The van der Waals surface area contributed by atoms with Crippen LogP contribution in [0.1, 0.15) is 272 Å². The predicted octanol–water partition coefficient (Wildman–Crippen LogP) is -0.693. The molecule has 0 spiro atoms. The fourth-order valence-electron chi connectivity index (χ4n) is 15.5. The lowest BCUT2D eigenvalue weighted by Gasteiger charge is -2.29. The minimum atomic E-state index is -2.12. The first-order chi connectivity index (χ1) is 67.5. The number of aliphatic hydroxyl groups is 2. The van der Waals surface area contributed by atoms with Crippen LogP contribution in [0.4, 0.5) is 0 Å². The topological polar surface area (TPSA) is 779 Å². The molecule has 2 aromatic rings. The highest BCUT2D eigenvalue weighted by Gasteiger charge is 2.40. The number of carboxylic acids is 1. The van der Waals surface area contributed by atoms with Gasteiger partial charge in [-0.3, -0.25) is 87.5 Å². The van der Waals surface area contributed by atoms with Crippen molar-refractivity contribution in [3.8, 4) is 5.75 Å². The van der Waals surface area contributed by atoms with Crippen LogP contribution in [0, 0.1) is 28.6 Å². The maximum atomic E-state index is 15.0. The molecule has 0 aliphatic rings. The lowest BCUT2D eigenvalue weighted by molar-refractivity contribution is -0.142. The second-order valence-electron chi connectivity index (χ2n) is 37.4. The Morgan fingerprint density at radius 3 is 1.10 bits per heavy atom. The Bertz CT molecular complexity index is 4170. The summed E-state index contributed by atoms with van der Waals surface area (Å²) in [5, 5.41) is 99.5. The predicted molar refractivity (Wildman–Crippen MR) is 540 cm³/mol. The number of carbonyl (C=O) groups excluding carboxylic acids is 15. The van der Waals surface area contributed by atoms with Crippen LogP contribution < -0.4 is 119 Å². The van der Waals surface area contributed by atoms with Crippen LogP contribution in [-0.4, -0.2) is 279 Å². The number of H-pyrrole nitrogens is 1. The zero-order chi connectivity index (χ0) is 106. The third-order valence-corrected chi connectivity index (χ3v) is 23.9. The molecule has 0 saturated carbocycles. The maximum Gasteiger partial charge on any atom is 0.305 e. The quantitative estimate of drug-likeness (QED) is 0.0221. The molecule has 1 aromatic heterocycles. The molecule has 0 fully saturated rings. The second kappa shape index (κ2) is 72.7. The Morgan fingerprint density at radius 2 is 0.725 bits per heavy atom. The number of nitrogens with one attached hydrogen (secondary N) is 19. The van der Waals surface area contributed by atoms with E-state index in [-0.39, 0.29) is 164 Å². The van der Waals surface area contributed by atoms with E-state index >= 15 is 4.79 Å². The number of aliphatic carboxylic acids is 1. The van der Waals surface area contributed by atoms with Crippen molar-refractivity contribution in [2.24, 2.45) is 52.2 Å². The van der Waals surface area contributed by atoms with Gasteiger partial charge < -0.3 is 145 Å². The van der Waals surface area contributed by atoms with Crippen molar-refractivity contribution in [3.63, 3.8) is 0 Å². The van der Waals surface area contributed by atoms with Gasteiger partial charge in [-0.25, -0.2) is 4.98 Å². The van der Waals surface area contributed by atoms with Crippen molar-refractivity contribution in [2.45, 2.75) is 364 Å². The van der Waals surface area contributed by atoms with Crippen LogP contribution in [-0.2, 0) is 89.6 Å². The Kier molecular flexibility index (Phi) is 64.7. The van der Waals surface area contributed by atoms with Gasteiger partial charge in [0.15, 0.2) is 11.9 Å². The smallest absolute Gasteiger partial charge is 0.305 e. The molecular formula is C95H168N26O20S. The normalized spacial score (nSPS) is 14.5. The van der Waals surface area contributed by atoms with Crippen LogP contribution in [0.25, 0.3) is 0 Å². The number of aromatic hydroxyl groups is 1. The Hall–Kier alpha value is -11.6. The number of benzene rings is 1. The monoisotopic (exact) mass is 2030 g/mol. The summed E-state index contributed by atoms with van der Waals surface area (Å²) in [6.07, 6.45) is 17.5. The number of nitrogens with zero attached hydrogens (tertiary/aromatic N) is 1. The van der Waals surface area contributed by atoms with Crippen molar-refractivity contribution >= 4 is 118 Å². The Balaban J connectivity index is 2.56. The zero-order valence-corrected chi connectivity index (χ0v) is 85.3. The number of hydrogen-bond acceptors (Lipinski definition) is 26. The molecule has 46 nitrogen and oxygen atoms in total. The van der Waals surface area contributed by atoms with Gasteiger partial charge in [0.25, 0.3) is 0 Å². The van der Waals surface area contributed by atoms with Crippen LogP contribution in [0.2, 0.25) is 0 Å². The van der Waals surface area contributed by atoms with Crippen molar-refractivity contribution in [1.29, 1.82) is 10.8 Å². The molecule has 0 aliphatic heterocycles.